The van der Waals surface area contributed by atoms with Gasteiger partial charge in [0.2, 0.25) is 5.91 Å². The molecule has 3 rings (SSSR count). The van der Waals surface area contributed by atoms with Crippen molar-refractivity contribution in [2.24, 2.45) is 0 Å². The lowest BCUT2D eigenvalue weighted by Gasteiger charge is -2.16. The maximum Gasteiger partial charge on any atom is 0.268 e. The van der Waals surface area contributed by atoms with Gasteiger partial charge in [-0.05, 0) is 48.1 Å². The normalized spacial score (nSPS) is 13.0. The van der Waals surface area contributed by atoms with Gasteiger partial charge in [0, 0.05) is 24.3 Å². The summed E-state index contributed by atoms with van der Waals surface area (Å²) in [6.45, 7) is 2.68. The van der Waals surface area contributed by atoms with Crippen molar-refractivity contribution in [2.45, 2.75) is 26.2 Å². The van der Waals surface area contributed by atoms with Gasteiger partial charge in [-0.3, -0.25) is 9.59 Å². The molecule has 0 bridgehead atoms. The highest BCUT2D eigenvalue weighted by molar-refractivity contribution is 7.12. The van der Waals surface area contributed by atoms with Crippen molar-refractivity contribution in [3.63, 3.8) is 0 Å². The number of carbonyl (C=O) groups is 2. The molecule has 0 fully saturated rings. The number of benzene rings is 1. The van der Waals surface area contributed by atoms with Gasteiger partial charge in [0.15, 0.2) is 0 Å². The predicted octanol–water partition coefficient (Wildman–Crippen LogP) is 3.69. The van der Waals surface area contributed by atoms with Crippen molar-refractivity contribution in [2.75, 3.05) is 16.8 Å². The second kappa shape index (κ2) is 6.32. The molecule has 1 aliphatic heterocycles. The number of carbonyl (C=O) groups excluding carboxylic acids is 2. The number of nitrogens with one attached hydrogen (secondary N) is 1. The van der Waals surface area contributed by atoms with Gasteiger partial charge in [0.05, 0.1) is 4.88 Å². The van der Waals surface area contributed by atoms with E-state index in [-0.39, 0.29) is 11.8 Å². The fraction of sp³-hybridized carbons (Fsp3) is 0.294. The van der Waals surface area contributed by atoms with Gasteiger partial charge in [-0.2, -0.15) is 0 Å². The summed E-state index contributed by atoms with van der Waals surface area (Å²) in [5.74, 6) is 0.0866. The Balaban J connectivity index is 1.78. The molecule has 1 aromatic carbocycles. The molecule has 0 saturated heterocycles. The van der Waals surface area contributed by atoms with Crippen LogP contribution in [-0.4, -0.2) is 18.4 Å². The van der Waals surface area contributed by atoms with Crippen LogP contribution in [0.4, 0.5) is 11.4 Å². The average molecular weight is 314 g/mol. The van der Waals surface area contributed by atoms with E-state index in [1.807, 2.05) is 47.5 Å². The number of hydrogen-bond donors (Lipinski definition) is 1. The smallest absolute Gasteiger partial charge is 0.268 e. The van der Waals surface area contributed by atoms with Crippen LogP contribution in [0.2, 0.25) is 0 Å². The van der Waals surface area contributed by atoms with Crippen LogP contribution in [0.3, 0.4) is 0 Å². The van der Waals surface area contributed by atoms with Crippen LogP contribution < -0.4 is 10.2 Å². The third-order valence-corrected chi connectivity index (χ3v) is 4.57. The molecule has 0 radical (unpaired) electrons. The molecule has 2 aromatic rings. The number of rotatable bonds is 4. The summed E-state index contributed by atoms with van der Waals surface area (Å²) >= 11 is 1.46. The summed E-state index contributed by atoms with van der Waals surface area (Å²) in [7, 11) is 0. The molecule has 1 aliphatic rings. The van der Waals surface area contributed by atoms with E-state index in [0.717, 1.165) is 34.7 Å². The van der Waals surface area contributed by atoms with Crippen molar-refractivity contribution < 1.29 is 9.59 Å². The molecule has 0 spiro atoms. The Kier molecular flexibility index (Phi) is 4.24. The maximum atomic E-state index is 12.5. The lowest BCUT2D eigenvalue weighted by molar-refractivity contribution is -0.116. The lowest BCUT2D eigenvalue weighted by atomic mass is 10.1. The second-order valence-corrected chi connectivity index (χ2v) is 6.27. The first-order valence-corrected chi connectivity index (χ1v) is 8.35. The van der Waals surface area contributed by atoms with E-state index < -0.39 is 0 Å². The zero-order valence-electron chi connectivity index (χ0n) is 12.5. The van der Waals surface area contributed by atoms with E-state index in [9.17, 15) is 9.59 Å². The van der Waals surface area contributed by atoms with E-state index in [0.29, 0.717) is 13.0 Å². The molecule has 114 valence electrons. The molecule has 0 saturated carbocycles. The minimum Gasteiger partial charge on any atom is -0.326 e. The van der Waals surface area contributed by atoms with Crippen LogP contribution in [0.5, 0.6) is 0 Å². The van der Waals surface area contributed by atoms with E-state index in [4.69, 9.17) is 0 Å². The molecule has 2 amide bonds. The van der Waals surface area contributed by atoms with Gasteiger partial charge < -0.3 is 10.2 Å². The van der Waals surface area contributed by atoms with E-state index in [1.165, 1.54) is 11.3 Å². The van der Waals surface area contributed by atoms with Gasteiger partial charge in [0.25, 0.3) is 5.91 Å². The molecular formula is C17H18N2O2S. The minimum absolute atomic E-state index is 0.0342. The third-order valence-electron chi connectivity index (χ3n) is 3.71. The summed E-state index contributed by atoms with van der Waals surface area (Å²) < 4.78 is 0. The molecule has 0 aliphatic carbocycles. The number of fused-ring (bicyclic) bond motifs is 1. The first-order valence-electron chi connectivity index (χ1n) is 7.47. The molecule has 2 heterocycles. The zero-order chi connectivity index (χ0) is 15.5. The van der Waals surface area contributed by atoms with Gasteiger partial charge in [-0.25, -0.2) is 0 Å². The highest BCUT2D eigenvalue weighted by Gasteiger charge is 2.26. The summed E-state index contributed by atoms with van der Waals surface area (Å²) in [5.41, 5.74) is 2.87. The molecule has 22 heavy (non-hydrogen) atoms. The summed E-state index contributed by atoms with van der Waals surface area (Å²) in [4.78, 5) is 26.7. The van der Waals surface area contributed by atoms with Crippen LogP contribution in [0.25, 0.3) is 0 Å². The first-order chi connectivity index (χ1) is 10.7. The summed E-state index contributed by atoms with van der Waals surface area (Å²) in [6, 6.07) is 9.51. The van der Waals surface area contributed by atoms with Gasteiger partial charge >= 0.3 is 0 Å². The monoisotopic (exact) mass is 314 g/mol. The quantitative estimate of drug-likeness (QED) is 0.935. The fourth-order valence-corrected chi connectivity index (χ4v) is 3.35. The number of thiophene rings is 1. The predicted molar refractivity (Wildman–Crippen MR) is 89.7 cm³/mol. The number of hydrogen-bond acceptors (Lipinski definition) is 3. The number of anilines is 2. The van der Waals surface area contributed by atoms with Crippen LogP contribution in [0, 0.1) is 0 Å². The lowest BCUT2D eigenvalue weighted by Crippen LogP contribution is -2.28. The van der Waals surface area contributed by atoms with E-state index in [1.54, 1.807) is 0 Å². The molecule has 5 heteroatoms. The number of amides is 2. The zero-order valence-corrected chi connectivity index (χ0v) is 13.3. The third kappa shape index (κ3) is 2.90. The SMILES string of the molecule is CCCC(=O)Nc1ccc2c(c1)CCN2C(=O)c1cccs1. The van der Waals surface area contributed by atoms with Crippen molar-refractivity contribution in [1.29, 1.82) is 0 Å². The van der Waals surface area contributed by atoms with E-state index in [2.05, 4.69) is 5.32 Å². The highest BCUT2D eigenvalue weighted by atomic mass is 32.1. The Morgan fingerprint density at radius 3 is 2.91 bits per heavy atom. The fourth-order valence-electron chi connectivity index (χ4n) is 2.67. The van der Waals surface area contributed by atoms with Gasteiger partial charge in [0.1, 0.15) is 0 Å². The van der Waals surface area contributed by atoms with Crippen LogP contribution in [0.15, 0.2) is 35.7 Å². The van der Waals surface area contributed by atoms with E-state index >= 15 is 0 Å². The molecule has 1 N–H and O–H groups in total. The largest absolute Gasteiger partial charge is 0.326 e. The maximum absolute atomic E-state index is 12.5. The van der Waals surface area contributed by atoms with Crippen molar-refractivity contribution in [3.8, 4) is 0 Å². The summed E-state index contributed by atoms with van der Waals surface area (Å²) in [6.07, 6.45) is 2.18. The second-order valence-electron chi connectivity index (χ2n) is 5.33. The van der Waals surface area contributed by atoms with Gasteiger partial charge in [-0.1, -0.05) is 13.0 Å². The van der Waals surface area contributed by atoms with Crippen molar-refractivity contribution >= 4 is 34.5 Å². The van der Waals surface area contributed by atoms with Gasteiger partial charge in [-0.15, -0.1) is 11.3 Å². The highest BCUT2D eigenvalue weighted by Crippen LogP contribution is 2.32. The Labute approximate surface area is 133 Å². The Morgan fingerprint density at radius 1 is 1.32 bits per heavy atom. The summed E-state index contributed by atoms with van der Waals surface area (Å²) in [5, 5.41) is 4.82. The number of nitrogens with zero attached hydrogens (tertiary/aromatic N) is 1. The Hall–Kier alpha value is -2.14. The van der Waals surface area contributed by atoms with Crippen LogP contribution >= 0.6 is 11.3 Å². The van der Waals surface area contributed by atoms with Crippen molar-refractivity contribution in [1.82, 2.24) is 0 Å². The topological polar surface area (TPSA) is 49.4 Å². The first kappa shape index (κ1) is 14.8. The average Bonchev–Trinajstić information content (AvgIpc) is 3.16. The molecular weight excluding hydrogens is 296 g/mol. The van der Waals surface area contributed by atoms with Crippen LogP contribution in [0.1, 0.15) is 35.0 Å². The standard InChI is InChI=1S/C17H18N2O2S/c1-2-4-16(20)18-13-6-7-14-12(11-13)8-9-19(14)17(21)15-5-3-10-22-15/h3,5-7,10-11H,2,4,8-9H2,1H3,(H,18,20). The molecule has 0 atom stereocenters. The Morgan fingerprint density at radius 2 is 2.18 bits per heavy atom. The minimum atomic E-state index is 0.0342. The molecule has 1 aromatic heterocycles. The molecule has 0 unspecified atom stereocenters. The van der Waals surface area contributed by atoms with Crippen molar-refractivity contribution in [3.05, 3.63) is 46.2 Å². The Bertz CT molecular complexity index is 695. The molecule has 4 nitrogen and oxygen atoms in total. The van der Waals surface area contributed by atoms with Crippen LogP contribution in [-0.2, 0) is 11.2 Å².